The third-order valence-electron chi connectivity index (χ3n) is 4.51. The fourth-order valence-corrected chi connectivity index (χ4v) is 3.94. The van der Waals surface area contributed by atoms with Crippen LogP contribution in [0.5, 0.6) is 0 Å². The third kappa shape index (κ3) is 4.32. The number of rotatable bonds is 6. The van der Waals surface area contributed by atoms with Gasteiger partial charge in [0.1, 0.15) is 5.69 Å². The lowest BCUT2D eigenvalue weighted by molar-refractivity contribution is 0.568. The van der Waals surface area contributed by atoms with Crippen LogP contribution in [0.2, 0.25) is 0 Å². The Morgan fingerprint density at radius 3 is 2.44 bits per heavy atom. The molecule has 0 radical (unpaired) electrons. The molecule has 148 valence electrons. The van der Waals surface area contributed by atoms with Crippen molar-refractivity contribution in [3.63, 3.8) is 0 Å². The Morgan fingerprint density at radius 2 is 1.85 bits per heavy atom. The van der Waals surface area contributed by atoms with Gasteiger partial charge in [-0.3, -0.25) is 4.72 Å². The van der Waals surface area contributed by atoms with E-state index in [9.17, 15) is 8.42 Å². The molecular formula is C17H27N7O2S. The van der Waals surface area contributed by atoms with Gasteiger partial charge in [0.2, 0.25) is 5.95 Å². The molecule has 0 saturated carbocycles. The average Bonchev–Trinajstić information content (AvgIpc) is 3.14. The molecule has 1 aliphatic rings. The lowest BCUT2D eigenvalue weighted by Crippen LogP contribution is -2.31. The van der Waals surface area contributed by atoms with Crippen molar-refractivity contribution < 1.29 is 8.42 Å². The molecule has 27 heavy (non-hydrogen) atoms. The largest absolute Gasteiger partial charge is 0.361 e. The van der Waals surface area contributed by atoms with E-state index in [0.717, 1.165) is 25.9 Å². The summed E-state index contributed by atoms with van der Waals surface area (Å²) in [6, 6.07) is 0.131. The van der Waals surface area contributed by atoms with E-state index in [1.165, 1.54) is 25.1 Å². The molecule has 2 aromatic heterocycles. The molecule has 0 amide bonds. The van der Waals surface area contributed by atoms with Gasteiger partial charge in [0.15, 0.2) is 10.8 Å². The Morgan fingerprint density at radius 1 is 1.15 bits per heavy atom. The Balaban J connectivity index is 1.88. The predicted molar refractivity (Wildman–Crippen MR) is 106 cm³/mol. The highest BCUT2D eigenvalue weighted by molar-refractivity contribution is 7.92. The number of imidazole rings is 1. The summed E-state index contributed by atoms with van der Waals surface area (Å²) in [7, 11) is -0.168. The molecule has 9 nitrogen and oxygen atoms in total. The summed E-state index contributed by atoms with van der Waals surface area (Å²) in [6.45, 7) is 5.76. The van der Waals surface area contributed by atoms with Crippen molar-refractivity contribution in [2.75, 3.05) is 41.7 Å². The van der Waals surface area contributed by atoms with Crippen molar-refractivity contribution in [1.29, 1.82) is 0 Å². The summed E-state index contributed by atoms with van der Waals surface area (Å²) in [5.74, 6) is 1.16. The zero-order chi connectivity index (χ0) is 19.6. The second kappa shape index (κ2) is 7.71. The summed E-state index contributed by atoms with van der Waals surface area (Å²) in [5.41, 5.74) is 0.333. The molecule has 1 N–H and O–H groups in total. The van der Waals surface area contributed by atoms with E-state index in [-0.39, 0.29) is 11.1 Å². The second-order valence-corrected chi connectivity index (χ2v) is 8.84. The van der Waals surface area contributed by atoms with Gasteiger partial charge in [-0.1, -0.05) is 0 Å². The van der Waals surface area contributed by atoms with Crippen molar-refractivity contribution >= 4 is 27.5 Å². The molecular weight excluding hydrogens is 366 g/mol. The second-order valence-electron chi connectivity index (χ2n) is 7.21. The molecule has 0 atom stereocenters. The maximum Gasteiger partial charge on any atom is 0.281 e. The molecule has 3 heterocycles. The smallest absolute Gasteiger partial charge is 0.281 e. The molecule has 1 saturated heterocycles. The highest BCUT2D eigenvalue weighted by Crippen LogP contribution is 2.27. The van der Waals surface area contributed by atoms with Crippen LogP contribution in [0.1, 0.15) is 39.2 Å². The van der Waals surface area contributed by atoms with Crippen molar-refractivity contribution in [3.05, 3.63) is 18.7 Å². The lowest BCUT2D eigenvalue weighted by Gasteiger charge is -2.28. The lowest BCUT2D eigenvalue weighted by atomic mass is 10.1. The van der Waals surface area contributed by atoms with E-state index in [0.29, 0.717) is 17.5 Å². The number of nitrogens with one attached hydrogen (secondary N) is 1. The van der Waals surface area contributed by atoms with Gasteiger partial charge in [0.05, 0.1) is 12.5 Å². The van der Waals surface area contributed by atoms with E-state index in [1.54, 1.807) is 9.47 Å². The minimum absolute atomic E-state index is 0.0268. The van der Waals surface area contributed by atoms with Crippen LogP contribution in [-0.4, -0.2) is 55.1 Å². The normalized spacial score (nSPS) is 15.2. The fourth-order valence-electron chi connectivity index (χ4n) is 2.96. The zero-order valence-corrected chi connectivity index (χ0v) is 17.1. The summed E-state index contributed by atoms with van der Waals surface area (Å²) < 4.78 is 29.8. The van der Waals surface area contributed by atoms with Gasteiger partial charge in [-0.2, -0.15) is 13.4 Å². The quantitative estimate of drug-likeness (QED) is 0.803. The first-order valence-electron chi connectivity index (χ1n) is 9.13. The Hall–Kier alpha value is -2.36. The number of hydrogen-bond acceptors (Lipinski definition) is 7. The van der Waals surface area contributed by atoms with Gasteiger partial charge in [-0.15, -0.1) is 0 Å². The summed E-state index contributed by atoms with van der Waals surface area (Å²) in [6.07, 6.45) is 8.02. The standard InChI is InChI=1S/C17H27N7O2S/c1-13(2)24-11-15(19-12-24)27(25,26)21-14-10-18-17(20-16(14)22(3)4)23-8-6-5-7-9-23/h10-13,21H,5-9H2,1-4H3. The minimum atomic E-state index is -3.82. The van der Waals surface area contributed by atoms with Crippen LogP contribution in [0.3, 0.4) is 0 Å². The van der Waals surface area contributed by atoms with E-state index < -0.39 is 10.0 Å². The number of piperidine rings is 1. The van der Waals surface area contributed by atoms with E-state index >= 15 is 0 Å². The van der Waals surface area contributed by atoms with Crippen LogP contribution in [0.15, 0.2) is 23.7 Å². The van der Waals surface area contributed by atoms with Crippen LogP contribution in [-0.2, 0) is 10.0 Å². The monoisotopic (exact) mass is 393 g/mol. The molecule has 10 heteroatoms. The van der Waals surface area contributed by atoms with Crippen molar-refractivity contribution in [2.24, 2.45) is 0 Å². The molecule has 2 aromatic rings. The average molecular weight is 394 g/mol. The highest BCUT2D eigenvalue weighted by Gasteiger charge is 2.22. The van der Waals surface area contributed by atoms with Gasteiger partial charge in [0.25, 0.3) is 10.0 Å². The van der Waals surface area contributed by atoms with Crippen LogP contribution >= 0.6 is 0 Å². The van der Waals surface area contributed by atoms with Crippen LogP contribution in [0.25, 0.3) is 0 Å². The molecule has 1 fully saturated rings. The molecule has 0 spiro atoms. The van der Waals surface area contributed by atoms with Gasteiger partial charge < -0.3 is 14.4 Å². The number of sulfonamides is 1. The Labute approximate surface area is 160 Å². The number of aromatic nitrogens is 4. The molecule has 3 rings (SSSR count). The molecule has 1 aliphatic heterocycles. The molecule has 0 bridgehead atoms. The SMILES string of the molecule is CC(C)n1cnc(S(=O)(=O)Nc2cnc(N3CCCCC3)nc2N(C)C)c1. The first-order chi connectivity index (χ1) is 12.8. The molecule has 0 unspecified atom stereocenters. The van der Waals surface area contributed by atoms with Crippen molar-refractivity contribution in [3.8, 4) is 0 Å². The van der Waals surface area contributed by atoms with Gasteiger partial charge in [0, 0.05) is 39.4 Å². The van der Waals surface area contributed by atoms with Crippen LogP contribution < -0.4 is 14.5 Å². The first-order valence-corrected chi connectivity index (χ1v) is 10.6. The van der Waals surface area contributed by atoms with Crippen LogP contribution in [0.4, 0.5) is 17.5 Å². The van der Waals surface area contributed by atoms with Crippen molar-refractivity contribution in [1.82, 2.24) is 19.5 Å². The molecule has 0 aromatic carbocycles. The summed E-state index contributed by atoms with van der Waals surface area (Å²) >= 11 is 0. The number of hydrogen-bond donors (Lipinski definition) is 1. The zero-order valence-electron chi connectivity index (χ0n) is 16.3. The van der Waals surface area contributed by atoms with E-state index in [4.69, 9.17) is 0 Å². The Kier molecular flexibility index (Phi) is 5.54. The van der Waals surface area contributed by atoms with E-state index in [2.05, 4.69) is 24.6 Å². The van der Waals surface area contributed by atoms with Crippen LogP contribution in [0, 0.1) is 0 Å². The number of nitrogens with zero attached hydrogens (tertiary/aromatic N) is 6. The number of anilines is 3. The maximum atomic E-state index is 12.7. The maximum absolute atomic E-state index is 12.7. The summed E-state index contributed by atoms with van der Waals surface area (Å²) in [5, 5.41) is -0.0268. The van der Waals surface area contributed by atoms with Crippen molar-refractivity contribution in [2.45, 2.75) is 44.2 Å². The minimum Gasteiger partial charge on any atom is -0.361 e. The molecule has 0 aliphatic carbocycles. The van der Waals surface area contributed by atoms with E-state index in [1.807, 2.05) is 27.9 Å². The highest BCUT2D eigenvalue weighted by atomic mass is 32.2. The van der Waals surface area contributed by atoms with Gasteiger partial charge >= 0.3 is 0 Å². The Bertz CT molecular complexity index is 886. The third-order valence-corrected chi connectivity index (χ3v) is 5.76. The predicted octanol–water partition coefficient (Wildman–Crippen LogP) is 2.11. The summed E-state index contributed by atoms with van der Waals surface area (Å²) in [4.78, 5) is 16.9. The first kappa shape index (κ1) is 19.4. The topological polar surface area (TPSA) is 96.2 Å². The van der Waals surface area contributed by atoms with Gasteiger partial charge in [-0.05, 0) is 33.1 Å². The van der Waals surface area contributed by atoms with Gasteiger partial charge in [-0.25, -0.2) is 9.97 Å². The fraction of sp³-hybridized carbons (Fsp3) is 0.588.